The van der Waals surface area contributed by atoms with Crippen LogP contribution in [0.15, 0.2) is 47.5 Å². The van der Waals surface area contributed by atoms with E-state index in [4.69, 9.17) is 0 Å². The largest absolute Gasteiger partial charge is 0.350 e. The van der Waals surface area contributed by atoms with E-state index in [1.54, 1.807) is 11.6 Å². The Balaban J connectivity index is 1.73. The molecule has 0 spiro atoms. The lowest BCUT2D eigenvalue weighted by molar-refractivity contribution is 0.0937. The Morgan fingerprint density at radius 2 is 1.75 bits per heavy atom. The predicted octanol–water partition coefficient (Wildman–Crippen LogP) is 2.91. The number of aryl methyl sites for hydroxylation is 1. The molecule has 3 rings (SSSR count). The molecule has 152 valence electrons. The van der Waals surface area contributed by atoms with E-state index in [0.717, 1.165) is 24.8 Å². The minimum Gasteiger partial charge on any atom is -0.350 e. The molecule has 1 N–H and O–H groups in total. The number of amides is 1. The topological polar surface area (TPSA) is 71.4 Å². The highest BCUT2D eigenvalue weighted by atomic mass is 32.2. The number of nitrogens with one attached hydrogen (secondary N) is 1. The first-order chi connectivity index (χ1) is 13.2. The Labute approximate surface area is 167 Å². The highest BCUT2D eigenvalue weighted by molar-refractivity contribution is 7.89. The molecule has 28 heavy (non-hydrogen) atoms. The number of piperidine rings is 1. The summed E-state index contributed by atoms with van der Waals surface area (Å²) >= 11 is 0. The summed E-state index contributed by atoms with van der Waals surface area (Å²) in [5, 5.41) is 2.95. The Morgan fingerprint density at radius 1 is 1.11 bits per heavy atom. The molecule has 0 saturated carbocycles. The molecule has 1 amide bonds. The van der Waals surface area contributed by atoms with E-state index in [2.05, 4.69) is 19.2 Å². The summed E-state index contributed by atoms with van der Waals surface area (Å²) in [5.74, 6) is -0.272. The zero-order chi connectivity index (χ0) is 20.4. The molecule has 0 aliphatic carbocycles. The predicted molar refractivity (Wildman–Crippen MR) is 110 cm³/mol. The standard InChI is InChI=1S/C21H29N3O3S/c1-21(2,17-10-6-4-7-11-17)16-22-20(25)19-14-18(15-23(19)3)28(26,27)24-12-8-5-9-13-24/h4,6-7,10-11,14-15H,5,8-9,12-13,16H2,1-3H3,(H,22,25). The Bertz CT molecular complexity index is 927. The van der Waals surface area contributed by atoms with Gasteiger partial charge in [0.15, 0.2) is 0 Å². The van der Waals surface area contributed by atoms with Gasteiger partial charge in [0.1, 0.15) is 10.6 Å². The first kappa shape index (κ1) is 20.6. The van der Waals surface area contributed by atoms with E-state index in [1.807, 2.05) is 30.3 Å². The monoisotopic (exact) mass is 403 g/mol. The van der Waals surface area contributed by atoms with Gasteiger partial charge >= 0.3 is 0 Å². The molecule has 1 aliphatic heterocycles. The van der Waals surface area contributed by atoms with Gasteiger partial charge in [-0.15, -0.1) is 0 Å². The lowest BCUT2D eigenvalue weighted by Gasteiger charge is -2.25. The molecule has 0 atom stereocenters. The first-order valence-corrected chi connectivity index (χ1v) is 11.2. The van der Waals surface area contributed by atoms with Crippen LogP contribution in [0.25, 0.3) is 0 Å². The van der Waals surface area contributed by atoms with Gasteiger partial charge in [-0.1, -0.05) is 50.6 Å². The van der Waals surface area contributed by atoms with E-state index < -0.39 is 10.0 Å². The van der Waals surface area contributed by atoms with E-state index in [-0.39, 0.29) is 16.2 Å². The summed E-state index contributed by atoms with van der Waals surface area (Å²) in [6.07, 6.45) is 4.36. The average Bonchev–Trinajstić information content (AvgIpc) is 3.10. The number of sulfonamides is 1. The fraction of sp³-hybridized carbons (Fsp3) is 0.476. The van der Waals surface area contributed by atoms with Gasteiger partial charge in [0, 0.05) is 38.3 Å². The van der Waals surface area contributed by atoms with Gasteiger partial charge in [-0.05, 0) is 24.5 Å². The van der Waals surface area contributed by atoms with Crippen molar-refractivity contribution in [2.24, 2.45) is 7.05 Å². The number of hydrogen-bond donors (Lipinski definition) is 1. The van der Waals surface area contributed by atoms with E-state index in [0.29, 0.717) is 25.3 Å². The lowest BCUT2D eigenvalue weighted by atomic mass is 9.84. The van der Waals surface area contributed by atoms with Crippen LogP contribution in [-0.4, -0.2) is 42.8 Å². The Kier molecular flexibility index (Phi) is 5.95. The molecule has 0 radical (unpaired) electrons. The molecule has 1 aromatic carbocycles. The number of aromatic nitrogens is 1. The molecule has 0 bridgehead atoms. The van der Waals surface area contributed by atoms with Crippen molar-refractivity contribution in [3.8, 4) is 0 Å². The minimum absolute atomic E-state index is 0.185. The number of hydrogen-bond acceptors (Lipinski definition) is 3. The van der Waals surface area contributed by atoms with Gasteiger partial charge in [0.25, 0.3) is 5.91 Å². The normalized spacial score (nSPS) is 16.1. The number of carbonyl (C=O) groups is 1. The quantitative estimate of drug-likeness (QED) is 0.806. The fourth-order valence-corrected chi connectivity index (χ4v) is 5.13. The van der Waals surface area contributed by atoms with Crippen LogP contribution in [0.4, 0.5) is 0 Å². The van der Waals surface area contributed by atoms with Crippen molar-refractivity contribution >= 4 is 15.9 Å². The van der Waals surface area contributed by atoms with E-state index in [1.165, 1.54) is 16.6 Å². The van der Waals surface area contributed by atoms with Crippen LogP contribution >= 0.6 is 0 Å². The second kappa shape index (κ2) is 8.09. The van der Waals surface area contributed by atoms with Crippen molar-refractivity contribution in [2.45, 2.75) is 43.4 Å². The van der Waals surface area contributed by atoms with Crippen LogP contribution in [0.3, 0.4) is 0 Å². The molecule has 1 aromatic heterocycles. The molecule has 1 aliphatic rings. The number of nitrogens with zero attached hydrogens (tertiary/aromatic N) is 2. The highest BCUT2D eigenvalue weighted by Crippen LogP contribution is 2.24. The van der Waals surface area contributed by atoms with Crippen LogP contribution in [0.1, 0.15) is 49.2 Å². The van der Waals surface area contributed by atoms with Gasteiger partial charge < -0.3 is 9.88 Å². The maximum absolute atomic E-state index is 12.9. The molecule has 1 saturated heterocycles. The third-order valence-electron chi connectivity index (χ3n) is 5.41. The fourth-order valence-electron chi connectivity index (χ4n) is 3.54. The maximum atomic E-state index is 12.9. The van der Waals surface area contributed by atoms with Gasteiger partial charge in [-0.25, -0.2) is 8.42 Å². The van der Waals surface area contributed by atoms with Crippen molar-refractivity contribution in [3.63, 3.8) is 0 Å². The molecular formula is C21H29N3O3S. The van der Waals surface area contributed by atoms with Crippen molar-refractivity contribution in [1.29, 1.82) is 0 Å². The van der Waals surface area contributed by atoms with Crippen LogP contribution in [0.2, 0.25) is 0 Å². The SMILES string of the molecule is Cn1cc(S(=O)(=O)N2CCCCC2)cc1C(=O)NCC(C)(C)c1ccccc1. The summed E-state index contributed by atoms with van der Waals surface area (Å²) in [7, 11) is -1.85. The zero-order valence-corrected chi connectivity index (χ0v) is 17.6. The summed E-state index contributed by atoms with van der Waals surface area (Å²) in [5.41, 5.74) is 1.25. The van der Waals surface area contributed by atoms with Gasteiger partial charge in [-0.3, -0.25) is 4.79 Å². The average molecular weight is 404 g/mol. The summed E-state index contributed by atoms with van der Waals surface area (Å²) in [6, 6.07) is 11.5. The summed E-state index contributed by atoms with van der Waals surface area (Å²) < 4.78 is 28.8. The lowest BCUT2D eigenvalue weighted by Crippen LogP contribution is -2.37. The minimum atomic E-state index is -3.55. The first-order valence-electron chi connectivity index (χ1n) is 9.72. The Hall–Kier alpha value is -2.12. The number of rotatable bonds is 6. The Morgan fingerprint density at radius 3 is 2.39 bits per heavy atom. The molecule has 0 unspecified atom stereocenters. The van der Waals surface area contributed by atoms with E-state index in [9.17, 15) is 13.2 Å². The van der Waals surface area contributed by atoms with Crippen LogP contribution in [0.5, 0.6) is 0 Å². The van der Waals surface area contributed by atoms with Gasteiger partial charge in [0.2, 0.25) is 10.0 Å². The van der Waals surface area contributed by atoms with Crippen molar-refractivity contribution in [2.75, 3.05) is 19.6 Å². The van der Waals surface area contributed by atoms with Crippen molar-refractivity contribution < 1.29 is 13.2 Å². The molecular weight excluding hydrogens is 374 g/mol. The second-order valence-corrected chi connectivity index (χ2v) is 10.0. The smallest absolute Gasteiger partial charge is 0.267 e. The molecule has 2 heterocycles. The van der Waals surface area contributed by atoms with E-state index >= 15 is 0 Å². The maximum Gasteiger partial charge on any atom is 0.267 e. The molecule has 2 aromatic rings. The van der Waals surface area contributed by atoms with Gasteiger partial charge in [-0.2, -0.15) is 4.31 Å². The molecule has 6 nitrogen and oxygen atoms in total. The highest BCUT2D eigenvalue weighted by Gasteiger charge is 2.29. The second-order valence-electron chi connectivity index (χ2n) is 8.07. The van der Waals surface area contributed by atoms with Crippen LogP contribution in [-0.2, 0) is 22.5 Å². The summed E-state index contributed by atoms with van der Waals surface area (Å²) in [4.78, 5) is 12.9. The van der Waals surface area contributed by atoms with Crippen molar-refractivity contribution in [3.05, 3.63) is 53.9 Å². The summed E-state index contributed by atoms with van der Waals surface area (Å²) in [6.45, 7) is 5.68. The third-order valence-corrected chi connectivity index (χ3v) is 7.28. The molecule has 1 fully saturated rings. The van der Waals surface area contributed by atoms with Gasteiger partial charge in [0.05, 0.1) is 0 Å². The third kappa shape index (κ3) is 4.31. The van der Waals surface area contributed by atoms with Crippen LogP contribution in [0, 0.1) is 0 Å². The molecule has 7 heteroatoms. The van der Waals surface area contributed by atoms with Crippen LogP contribution < -0.4 is 5.32 Å². The number of carbonyl (C=O) groups excluding carboxylic acids is 1. The zero-order valence-electron chi connectivity index (χ0n) is 16.8. The number of benzene rings is 1. The van der Waals surface area contributed by atoms with Crippen molar-refractivity contribution in [1.82, 2.24) is 14.2 Å².